The zero-order chi connectivity index (χ0) is 19.1. The lowest BCUT2D eigenvalue weighted by atomic mass is 10.0. The van der Waals surface area contributed by atoms with Gasteiger partial charge in [-0.25, -0.2) is 0 Å². The van der Waals surface area contributed by atoms with E-state index in [1.54, 1.807) is 0 Å². The maximum atomic E-state index is 13.6. The molecule has 134 valence electrons. The molecule has 0 saturated carbocycles. The number of aromatic nitrogens is 1. The number of pyridine rings is 1. The standard InChI is InChI=1S/C26H19NO/c1-18-9-5-6-16-23(18)27-24(17-19-10-3-2-4-11-19)21-14-7-12-20-13-8-15-22(25(20)21)26(27)28/h2-17H,1H3. The van der Waals surface area contributed by atoms with Gasteiger partial charge in [0.1, 0.15) is 0 Å². The lowest BCUT2D eigenvalue weighted by Crippen LogP contribution is -2.33. The third-order valence-electron chi connectivity index (χ3n) is 5.31. The summed E-state index contributed by atoms with van der Waals surface area (Å²) in [6.07, 6.45) is 2.11. The van der Waals surface area contributed by atoms with Crippen LogP contribution >= 0.6 is 0 Å². The molecule has 5 aromatic rings. The minimum atomic E-state index is 0.0146. The summed E-state index contributed by atoms with van der Waals surface area (Å²) in [6, 6.07) is 30.4. The van der Waals surface area contributed by atoms with Gasteiger partial charge in [-0.1, -0.05) is 78.9 Å². The van der Waals surface area contributed by atoms with Gasteiger partial charge in [0, 0.05) is 16.2 Å². The molecule has 0 saturated heterocycles. The number of nitrogens with zero attached hydrogens (tertiary/aromatic N) is 1. The zero-order valence-corrected chi connectivity index (χ0v) is 15.6. The molecule has 0 unspecified atom stereocenters. The molecule has 0 radical (unpaired) electrons. The average Bonchev–Trinajstić information content (AvgIpc) is 2.73. The highest BCUT2D eigenvalue weighted by Gasteiger charge is 2.13. The molecule has 0 amide bonds. The third-order valence-corrected chi connectivity index (χ3v) is 5.31. The Morgan fingerprint density at radius 3 is 2.14 bits per heavy atom. The van der Waals surface area contributed by atoms with Crippen molar-refractivity contribution in [2.75, 3.05) is 0 Å². The molecule has 0 atom stereocenters. The summed E-state index contributed by atoms with van der Waals surface area (Å²) in [5, 5.41) is 4.87. The molecule has 0 fully saturated rings. The second kappa shape index (κ2) is 6.50. The highest BCUT2D eigenvalue weighted by atomic mass is 16.1. The maximum Gasteiger partial charge on any atom is 0.263 e. The largest absolute Gasteiger partial charge is 0.276 e. The number of aryl methyl sites for hydroxylation is 1. The van der Waals surface area contributed by atoms with Gasteiger partial charge in [0.05, 0.1) is 11.0 Å². The summed E-state index contributed by atoms with van der Waals surface area (Å²) < 4.78 is 1.86. The van der Waals surface area contributed by atoms with Crippen molar-refractivity contribution in [3.63, 3.8) is 0 Å². The van der Waals surface area contributed by atoms with E-state index in [9.17, 15) is 4.79 Å². The Balaban J connectivity index is 2.06. The first kappa shape index (κ1) is 16.5. The molecule has 0 N–H and O–H groups in total. The van der Waals surface area contributed by atoms with E-state index < -0.39 is 0 Å². The van der Waals surface area contributed by atoms with Gasteiger partial charge in [0.2, 0.25) is 0 Å². The fourth-order valence-electron chi connectivity index (χ4n) is 3.99. The molecular weight excluding hydrogens is 342 g/mol. The quantitative estimate of drug-likeness (QED) is 0.434. The molecule has 5 rings (SSSR count). The van der Waals surface area contributed by atoms with Gasteiger partial charge in [-0.2, -0.15) is 0 Å². The molecule has 2 heteroatoms. The Morgan fingerprint density at radius 1 is 0.714 bits per heavy atom. The van der Waals surface area contributed by atoms with Crippen LogP contribution in [0, 0.1) is 6.92 Å². The summed E-state index contributed by atoms with van der Waals surface area (Å²) in [5.41, 5.74) is 3.07. The second-order valence-corrected chi connectivity index (χ2v) is 7.08. The van der Waals surface area contributed by atoms with Crippen LogP contribution < -0.4 is 10.9 Å². The monoisotopic (exact) mass is 361 g/mol. The normalized spacial score (nSPS) is 12.1. The SMILES string of the molecule is Cc1ccccc1-n1c(=O)c2cccc3cccc(c1=Cc1ccccc1)c32. The van der Waals surface area contributed by atoms with Crippen molar-refractivity contribution in [1.29, 1.82) is 0 Å². The van der Waals surface area contributed by atoms with Gasteiger partial charge in [-0.15, -0.1) is 0 Å². The lowest BCUT2D eigenvalue weighted by Gasteiger charge is -2.15. The van der Waals surface area contributed by atoms with Crippen molar-refractivity contribution >= 4 is 27.6 Å². The van der Waals surface area contributed by atoms with E-state index in [0.717, 1.165) is 43.7 Å². The highest BCUT2D eigenvalue weighted by Crippen LogP contribution is 2.23. The van der Waals surface area contributed by atoms with E-state index in [2.05, 4.69) is 42.5 Å². The molecule has 0 spiro atoms. The number of hydrogen-bond donors (Lipinski definition) is 0. The van der Waals surface area contributed by atoms with Crippen LogP contribution in [0.1, 0.15) is 11.1 Å². The van der Waals surface area contributed by atoms with E-state index >= 15 is 0 Å². The van der Waals surface area contributed by atoms with E-state index in [-0.39, 0.29) is 5.56 Å². The molecular formula is C26H19NO. The van der Waals surface area contributed by atoms with E-state index in [0.29, 0.717) is 0 Å². The minimum absolute atomic E-state index is 0.0146. The first-order valence-electron chi connectivity index (χ1n) is 9.43. The van der Waals surface area contributed by atoms with Crippen LogP contribution in [0.15, 0.2) is 95.8 Å². The molecule has 4 aromatic carbocycles. The molecule has 0 aliphatic carbocycles. The molecule has 1 heterocycles. The van der Waals surface area contributed by atoms with Crippen molar-refractivity contribution in [3.8, 4) is 5.69 Å². The van der Waals surface area contributed by atoms with Crippen LogP contribution in [0.3, 0.4) is 0 Å². The minimum Gasteiger partial charge on any atom is -0.276 e. The Bertz CT molecular complexity index is 1420. The van der Waals surface area contributed by atoms with Gasteiger partial charge in [0.25, 0.3) is 5.56 Å². The number of benzene rings is 4. The summed E-state index contributed by atoms with van der Waals surface area (Å²) in [4.78, 5) is 13.6. The molecule has 2 nitrogen and oxygen atoms in total. The first-order chi connectivity index (χ1) is 13.7. The second-order valence-electron chi connectivity index (χ2n) is 7.08. The van der Waals surface area contributed by atoms with Crippen LogP contribution in [-0.4, -0.2) is 4.57 Å². The van der Waals surface area contributed by atoms with Crippen molar-refractivity contribution in [2.24, 2.45) is 0 Å². The number of para-hydroxylation sites is 1. The Hall–Kier alpha value is -3.65. The highest BCUT2D eigenvalue weighted by molar-refractivity contribution is 6.09. The fourth-order valence-corrected chi connectivity index (χ4v) is 3.99. The number of hydrogen-bond acceptors (Lipinski definition) is 1. The summed E-state index contributed by atoms with van der Waals surface area (Å²) in [6.45, 7) is 2.05. The van der Waals surface area contributed by atoms with Crippen LogP contribution in [0.4, 0.5) is 0 Å². The van der Waals surface area contributed by atoms with Crippen molar-refractivity contribution in [1.82, 2.24) is 4.57 Å². The molecule has 0 aliphatic heterocycles. The molecule has 28 heavy (non-hydrogen) atoms. The van der Waals surface area contributed by atoms with Gasteiger partial charge in [0.15, 0.2) is 0 Å². The fraction of sp³-hybridized carbons (Fsp3) is 0.0385. The predicted octanol–water partition coefficient (Wildman–Crippen LogP) is 5.00. The van der Waals surface area contributed by atoms with Gasteiger partial charge < -0.3 is 0 Å². The molecule has 1 aromatic heterocycles. The maximum absolute atomic E-state index is 13.6. The molecule has 0 bridgehead atoms. The van der Waals surface area contributed by atoms with Crippen LogP contribution in [0.5, 0.6) is 0 Å². The summed E-state index contributed by atoms with van der Waals surface area (Å²) >= 11 is 0. The van der Waals surface area contributed by atoms with Crippen LogP contribution in [-0.2, 0) is 0 Å². The Labute approximate surface area is 163 Å². The third kappa shape index (κ3) is 2.54. The summed E-state index contributed by atoms with van der Waals surface area (Å²) in [5.74, 6) is 0. The smallest absolute Gasteiger partial charge is 0.263 e. The van der Waals surface area contributed by atoms with Crippen molar-refractivity contribution < 1.29 is 0 Å². The van der Waals surface area contributed by atoms with Gasteiger partial charge >= 0.3 is 0 Å². The van der Waals surface area contributed by atoms with Crippen LogP contribution in [0.25, 0.3) is 33.3 Å². The average molecular weight is 361 g/mol. The Kier molecular flexibility index (Phi) is 3.84. The van der Waals surface area contributed by atoms with Gasteiger partial charge in [-0.05, 0) is 41.6 Å². The van der Waals surface area contributed by atoms with Crippen molar-refractivity contribution in [2.45, 2.75) is 6.92 Å². The lowest BCUT2D eigenvalue weighted by molar-refractivity contribution is 0.964. The van der Waals surface area contributed by atoms with Gasteiger partial charge in [-0.3, -0.25) is 9.36 Å². The van der Waals surface area contributed by atoms with E-state index in [4.69, 9.17) is 0 Å². The van der Waals surface area contributed by atoms with Crippen molar-refractivity contribution in [3.05, 3.63) is 118 Å². The van der Waals surface area contributed by atoms with Crippen LogP contribution in [0.2, 0.25) is 0 Å². The zero-order valence-electron chi connectivity index (χ0n) is 15.6. The molecule has 0 aliphatic rings. The summed E-state index contributed by atoms with van der Waals surface area (Å²) in [7, 11) is 0. The first-order valence-corrected chi connectivity index (χ1v) is 9.43. The predicted molar refractivity (Wildman–Crippen MR) is 117 cm³/mol. The topological polar surface area (TPSA) is 22.0 Å². The van der Waals surface area contributed by atoms with E-state index in [1.165, 1.54) is 0 Å². The van der Waals surface area contributed by atoms with E-state index in [1.807, 2.05) is 66.1 Å². The Morgan fingerprint density at radius 2 is 1.39 bits per heavy atom. The number of rotatable bonds is 2.